The molecule has 0 unspecified atom stereocenters. The molecule has 3 aromatic rings. The summed E-state index contributed by atoms with van der Waals surface area (Å²) >= 11 is 7.43. The van der Waals surface area contributed by atoms with Crippen LogP contribution in [0.2, 0.25) is 5.15 Å². The van der Waals surface area contributed by atoms with E-state index < -0.39 is 0 Å². The lowest BCUT2D eigenvalue weighted by atomic mass is 10.1. The predicted octanol–water partition coefficient (Wildman–Crippen LogP) is 3.91. The van der Waals surface area contributed by atoms with Crippen molar-refractivity contribution < 1.29 is 4.74 Å². The number of nitrogens with zero attached hydrogens (tertiary/aromatic N) is 4. The van der Waals surface area contributed by atoms with Crippen molar-refractivity contribution in [2.75, 3.05) is 12.3 Å². The molecule has 0 bridgehead atoms. The zero-order valence-corrected chi connectivity index (χ0v) is 15.6. The van der Waals surface area contributed by atoms with Gasteiger partial charge in [-0.3, -0.25) is 0 Å². The Labute approximate surface area is 160 Å². The van der Waals surface area contributed by atoms with Gasteiger partial charge in [-0.2, -0.15) is 0 Å². The summed E-state index contributed by atoms with van der Waals surface area (Å²) in [4.78, 5) is 12.8. The van der Waals surface area contributed by atoms with E-state index in [1.54, 1.807) is 6.07 Å². The van der Waals surface area contributed by atoms with Crippen LogP contribution < -0.4 is 5.73 Å². The van der Waals surface area contributed by atoms with Gasteiger partial charge in [0.15, 0.2) is 5.16 Å². The maximum absolute atomic E-state index is 6.00. The number of anilines is 1. The van der Waals surface area contributed by atoms with E-state index in [4.69, 9.17) is 22.1 Å². The van der Waals surface area contributed by atoms with E-state index in [1.165, 1.54) is 11.8 Å². The molecule has 1 aliphatic rings. The first-order valence-electron chi connectivity index (χ1n) is 8.39. The molecule has 134 valence electrons. The Bertz CT molecular complexity index is 876. The summed E-state index contributed by atoms with van der Waals surface area (Å²) in [5.74, 6) is 0.153. The second kappa shape index (κ2) is 7.65. The maximum atomic E-state index is 6.00. The molecular formula is C18H18ClN5OS. The molecule has 1 fully saturated rings. The van der Waals surface area contributed by atoms with Crippen LogP contribution in [0.3, 0.4) is 0 Å². The van der Waals surface area contributed by atoms with Gasteiger partial charge in [-0.1, -0.05) is 41.9 Å². The molecule has 8 heteroatoms. The van der Waals surface area contributed by atoms with E-state index in [0.717, 1.165) is 42.4 Å². The fourth-order valence-corrected chi connectivity index (χ4v) is 4.15. The third kappa shape index (κ3) is 3.85. The average Bonchev–Trinajstić information content (AvgIpc) is 3.26. The summed E-state index contributed by atoms with van der Waals surface area (Å²) < 4.78 is 8.02. The van der Waals surface area contributed by atoms with Crippen molar-refractivity contribution in [2.24, 2.45) is 0 Å². The maximum Gasteiger partial charge on any atom is 0.222 e. The summed E-state index contributed by atoms with van der Waals surface area (Å²) in [5.41, 5.74) is 7.88. The second-order valence-electron chi connectivity index (χ2n) is 6.03. The van der Waals surface area contributed by atoms with Gasteiger partial charge in [0.25, 0.3) is 0 Å². The highest BCUT2D eigenvalue weighted by Gasteiger charge is 2.21. The Hall–Kier alpha value is -2.09. The molecule has 1 atom stereocenters. The molecule has 2 aromatic heterocycles. The van der Waals surface area contributed by atoms with Crippen molar-refractivity contribution in [3.05, 3.63) is 47.7 Å². The summed E-state index contributed by atoms with van der Waals surface area (Å²) in [6, 6.07) is 11.9. The van der Waals surface area contributed by atoms with Crippen LogP contribution >= 0.6 is 23.4 Å². The fraction of sp³-hybridized carbons (Fsp3) is 0.278. The minimum atomic E-state index is 0.153. The van der Waals surface area contributed by atoms with E-state index in [2.05, 4.69) is 31.7 Å². The molecule has 26 heavy (non-hydrogen) atoms. The zero-order valence-electron chi connectivity index (χ0n) is 14.0. The van der Waals surface area contributed by atoms with Gasteiger partial charge in [-0.15, -0.1) is 0 Å². The smallest absolute Gasteiger partial charge is 0.222 e. The quantitative estimate of drug-likeness (QED) is 0.669. The van der Waals surface area contributed by atoms with Crippen LogP contribution in [0.1, 0.15) is 12.8 Å². The third-order valence-electron chi connectivity index (χ3n) is 4.18. The molecule has 0 aliphatic carbocycles. The van der Waals surface area contributed by atoms with E-state index in [1.807, 2.05) is 24.4 Å². The lowest BCUT2D eigenvalue weighted by Gasteiger charge is -2.16. The van der Waals surface area contributed by atoms with Crippen LogP contribution in [-0.2, 0) is 11.3 Å². The number of benzene rings is 1. The van der Waals surface area contributed by atoms with Crippen molar-refractivity contribution in [3.63, 3.8) is 0 Å². The first-order valence-corrected chi connectivity index (χ1v) is 9.59. The number of ether oxygens (including phenoxy) is 1. The molecule has 0 amide bonds. The van der Waals surface area contributed by atoms with Crippen LogP contribution in [0.25, 0.3) is 11.3 Å². The minimum Gasteiger partial charge on any atom is -0.376 e. The predicted molar refractivity (Wildman–Crippen MR) is 102 cm³/mol. The van der Waals surface area contributed by atoms with Crippen molar-refractivity contribution >= 4 is 29.3 Å². The van der Waals surface area contributed by atoms with E-state index in [9.17, 15) is 0 Å². The minimum absolute atomic E-state index is 0.153. The Morgan fingerprint density at radius 2 is 2.12 bits per heavy atom. The Morgan fingerprint density at radius 1 is 1.27 bits per heavy atom. The fourth-order valence-electron chi connectivity index (χ4n) is 3.01. The molecule has 0 spiro atoms. The van der Waals surface area contributed by atoms with Crippen LogP contribution in [0.5, 0.6) is 0 Å². The summed E-state index contributed by atoms with van der Waals surface area (Å²) in [5, 5.41) is 1.82. The van der Waals surface area contributed by atoms with Gasteiger partial charge in [0.05, 0.1) is 24.5 Å². The van der Waals surface area contributed by atoms with Gasteiger partial charge in [-0.25, -0.2) is 15.0 Å². The molecule has 6 nitrogen and oxygen atoms in total. The molecule has 4 rings (SSSR count). The normalized spacial score (nSPS) is 16.9. The van der Waals surface area contributed by atoms with Gasteiger partial charge in [-0.05, 0) is 30.2 Å². The van der Waals surface area contributed by atoms with Gasteiger partial charge in [0, 0.05) is 12.7 Å². The SMILES string of the molecule is Nc1nc(Cl)cc(Sc2ncc(-c3ccccc3)n2C[C@@H]2CCCO2)n1. The number of nitrogens with two attached hydrogens (primary N) is 1. The topological polar surface area (TPSA) is 78.8 Å². The van der Waals surface area contributed by atoms with Gasteiger partial charge < -0.3 is 15.0 Å². The zero-order chi connectivity index (χ0) is 17.9. The van der Waals surface area contributed by atoms with Gasteiger partial charge in [0.2, 0.25) is 5.95 Å². The first kappa shape index (κ1) is 17.3. The number of nitrogen functional groups attached to an aromatic ring is 1. The lowest BCUT2D eigenvalue weighted by Crippen LogP contribution is -2.16. The van der Waals surface area contributed by atoms with Gasteiger partial charge in [0.1, 0.15) is 10.2 Å². The number of halogens is 1. The molecule has 1 aliphatic heterocycles. The molecule has 1 aromatic carbocycles. The number of hydrogen-bond acceptors (Lipinski definition) is 6. The van der Waals surface area contributed by atoms with E-state index in [0.29, 0.717) is 10.2 Å². The summed E-state index contributed by atoms with van der Waals surface area (Å²) in [6.07, 6.45) is 4.24. The highest BCUT2D eigenvalue weighted by Crippen LogP contribution is 2.32. The lowest BCUT2D eigenvalue weighted by molar-refractivity contribution is 0.0954. The molecule has 1 saturated heterocycles. The van der Waals surface area contributed by atoms with Crippen LogP contribution in [-0.4, -0.2) is 32.2 Å². The second-order valence-corrected chi connectivity index (χ2v) is 7.40. The number of rotatable bonds is 5. The molecular weight excluding hydrogens is 370 g/mol. The number of imidazole rings is 1. The summed E-state index contributed by atoms with van der Waals surface area (Å²) in [6.45, 7) is 1.57. The largest absolute Gasteiger partial charge is 0.376 e. The number of hydrogen-bond donors (Lipinski definition) is 1. The Kier molecular flexibility index (Phi) is 5.10. The van der Waals surface area contributed by atoms with Crippen molar-refractivity contribution in [1.29, 1.82) is 0 Å². The average molecular weight is 388 g/mol. The first-order chi connectivity index (χ1) is 12.7. The molecule has 0 radical (unpaired) electrons. The van der Waals surface area contributed by atoms with Crippen LogP contribution in [0.4, 0.5) is 5.95 Å². The molecule has 2 N–H and O–H groups in total. The van der Waals surface area contributed by atoms with Crippen molar-refractivity contribution in [2.45, 2.75) is 35.7 Å². The van der Waals surface area contributed by atoms with Crippen LogP contribution in [0.15, 0.2) is 52.8 Å². The molecule has 3 heterocycles. The van der Waals surface area contributed by atoms with E-state index >= 15 is 0 Å². The van der Waals surface area contributed by atoms with Crippen molar-refractivity contribution in [3.8, 4) is 11.3 Å². The Morgan fingerprint density at radius 3 is 2.85 bits per heavy atom. The third-order valence-corrected chi connectivity index (χ3v) is 5.30. The number of aromatic nitrogens is 4. The highest BCUT2D eigenvalue weighted by atomic mass is 35.5. The van der Waals surface area contributed by atoms with Crippen LogP contribution in [0, 0.1) is 0 Å². The monoisotopic (exact) mass is 387 g/mol. The van der Waals surface area contributed by atoms with E-state index in [-0.39, 0.29) is 12.1 Å². The molecule has 0 saturated carbocycles. The summed E-state index contributed by atoms with van der Waals surface area (Å²) in [7, 11) is 0. The van der Waals surface area contributed by atoms with Gasteiger partial charge >= 0.3 is 0 Å². The standard InChI is InChI=1S/C18H18ClN5OS/c19-15-9-16(23-17(20)22-15)26-18-21-10-14(12-5-2-1-3-6-12)24(18)11-13-7-4-8-25-13/h1-3,5-6,9-10,13H,4,7-8,11H2,(H2,20,22,23)/t13-/m0/s1. The van der Waals surface area contributed by atoms with Crippen molar-refractivity contribution in [1.82, 2.24) is 19.5 Å². The highest BCUT2D eigenvalue weighted by molar-refractivity contribution is 7.99. The Balaban J connectivity index is 1.70.